The number of aryl methyl sites for hydroxylation is 2. The van der Waals surface area contributed by atoms with E-state index < -0.39 is 18.5 Å². The molecule has 0 saturated heterocycles. The summed E-state index contributed by atoms with van der Waals surface area (Å²) in [6, 6.07) is 11.0. The van der Waals surface area contributed by atoms with Crippen molar-refractivity contribution in [3.63, 3.8) is 0 Å². The minimum atomic E-state index is -0.710. The smallest absolute Gasteiger partial charge is 0.344 e. The number of hydrogen-bond donors (Lipinski definition) is 1. The molecule has 9 heteroatoms. The maximum Gasteiger partial charge on any atom is 0.344 e. The van der Waals surface area contributed by atoms with Crippen LogP contribution in [0.2, 0.25) is 0 Å². The van der Waals surface area contributed by atoms with E-state index in [2.05, 4.69) is 15.6 Å². The molecule has 0 atom stereocenters. The molecule has 2 aromatic heterocycles. The molecule has 9 nitrogen and oxygen atoms in total. The number of nitriles is 1. The van der Waals surface area contributed by atoms with Gasteiger partial charge in [0.1, 0.15) is 23.0 Å². The number of nitrogens with one attached hydrogen (secondary N) is 1. The monoisotopic (exact) mass is 365 g/mol. The van der Waals surface area contributed by atoms with Crippen LogP contribution in [0.3, 0.4) is 0 Å². The lowest BCUT2D eigenvalue weighted by atomic mass is 10.2. The van der Waals surface area contributed by atoms with Gasteiger partial charge in [-0.25, -0.2) is 9.48 Å². The van der Waals surface area contributed by atoms with Crippen molar-refractivity contribution in [1.29, 1.82) is 5.26 Å². The third kappa shape index (κ3) is 3.69. The summed E-state index contributed by atoms with van der Waals surface area (Å²) in [7, 11) is 0. The highest BCUT2D eigenvalue weighted by molar-refractivity contribution is 5.96. The maximum atomic E-state index is 12.2. The van der Waals surface area contributed by atoms with E-state index >= 15 is 0 Å². The van der Waals surface area contributed by atoms with Gasteiger partial charge in [-0.2, -0.15) is 10.4 Å². The van der Waals surface area contributed by atoms with Gasteiger partial charge in [-0.1, -0.05) is 23.4 Å². The largest absolute Gasteiger partial charge is 0.452 e. The summed E-state index contributed by atoms with van der Waals surface area (Å²) in [5.74, 6) is -0.809. The third-order valence-electron chi connectivity index (χ3n) is 3.72. The number of amides is 1. The summed E-state index contributed by atoms with van der Waals surface area (Å²) in [5.41, 5.74) is 1.42. The van der Waals surface area contributed by atoms with Crippen LogP contribution in [0.25, 0.3) is 5.69 Å². The molecule has 1 N–H and O–H groups in total. The summed E-state index contributed by atoms with van der Waals surface area (Å²) < 4.78 is 11.3. The minimum Gasteiger partial charge on any atom is -0.452 e. The summed E-state index contributed by atoms with van der Waals surface area (Å²) in [4.78, 5) is 24.3. The van der Waals surface area contributed by atoms with Gasteiger partial charge in [-0.15, -0.1) is 0 Å². The van der Waals surface area contributed by atoms with Crippen molar-refractivity contribution in [1.82, 2.24) is 14.9 Å². The molecule has 136 valence electrons. The highest BCUT2D eigenvalue weighted by Crippen LogP contribution is 2.19. The van der Waals surface area contributed by atoms with Crippen molar-refractivity contribution < 1.29 is 18.8 Å². The fourth-order valence-corrected chi connectivity index (χ4v) is 2.46. The van der Waals surface area contributed by atoms with Crippen molar-refractivity contribution in [3.05, 3.63) is 59.1 Å². The van der Waals surface area contributed by atoms with E-state index in [1.54, 1.807) is 38.1 Å². The highest BCUT2D eigenvalue weighted by Gasteiger charge is 2.21. The Balaban J connectivity index is 1.72. The van der Waals surface area contributed by atoms with Crippen molar-refractivity contribution in [2.75, 3.05) is 11.9 Å². The first-order chi connectivity index (χ1) is 13.0. The molecule has 0 radical (unpaired) electrons. The van der Waals surface area contributed by atoms with Crippen molar-refractivity contribution in [3.8, 4) is 11.8 Å². The number of para-hydroxylation sites is 1. The summed E-state index contributed by atoms with van der Waals surface area (Å²) in [5, 5.41) is 19.6. The van der Waals surface area contributed by atoms with Gasteiger partial charge in [0.25, 0.3) is 5.91 Å². The molecule has 0 aliphatic carbocycles. The lowest BCUT2D eigenvalue weighted by Gasteiger charge is -2.10. The number of hydrogen-bond acceptors (Lipinski definition) is 7. The number of nitrogens with zero attached hydrogens (tertiary/aromatic N) is 4. The lowest BCUT2D eigenvalue weighted by Crippen LogP contribution is -2.23. The first kappa shape index (κ1) is 17.9. The Kier molecular flexibility index (Phi) is 4.99. The van der Waals surface area contributed by atoms with E-state index in [1.807, 2.05) is 12.1 Å². The number of ether oxygens (including phenoxy) is 1. The lowest BCUT2D eigenvalue weighted by molar-refractivity contribution is -0.119. The van der Waals surface area contributed by atoms with Crippen LogP contribution < -0.4 is 5.32 Å². The van der Waals surface area contributed by atoms with E-state index in [1.165, 1.54) is 10.9 Å². The molecular formula is C18H15N5O4. The average Bonchev–Trinajstić information content (AvgIpc) is 3.23. The fourth-order valence-electron chi connectivity index (χ4n) is 2.46. The standard InChI is InChI=1S/C18H15N5O4/c1-11-16(12(2)27-22-11)18(25)26-10-15(24)21-17-13(8-19)9-20-23(17)14-6-4-3-5-7-14/h3-7,9H,10H2,1-2H3,(H,21,24). The molecule has 3 aromatic rings. The highest BCUT2D eigenvalue weighted by atomic mass is 16.5. The summed E-state index contributed by atoms with van der Waals surface area (Å²) in [6.07, 6.45) is 1.35. The quantitative estimate of drug-likeness (QED) is 0.687. The number of benzene rings is 1. The van der Waals surface area contributed by atoms with Crippen LogP contribution in [0, 0.1) is 25.2 Å². The predicted octanol–water partition coefficient (Wildman–Crippen LogP) is 2.14. The fraction of sp³-hybridized carbons (Fsp3) is 0.167. The molecule has 0 unspecified atom stereocenters. The third-order valence-corrected chi connectivity index (χ3v) is 3.72. The van der Waals surface area contributed by atoms with Crippen LogP contribution >= 0.6 is 0 Å². The predicted molar refractivity (Wildman–Crippen MR) is 93.2 cm³/mol. The molecule has 0 aliphatic rings. The molecule has 2 heterocycles. The maximum absolute atomic E-state index is 12.2. The first-order valence-electron chi connectivity index (χ1n) is 7.94. The van der Waals surface area contributed by atoms with E-state index in [0.717, 1.165) is 0 Å². The zero-order valence-electron chi connectivity index (χ0n) is 14.6. The molecule has 1 aromatic carbocycles. The number of carbonyl (C=O) groups excluding carboxylic acids is 2. The Hall–Kier alpha value is -3.93. The van der Waals surface area contributed by atoms with E-state index in [4.69, 9.17) is 9.26 Å². The molecule has 0 spiro atoms. The van der Waals surface area contributed by atoms with Crippen molar-refractivity contribution in [2.24, 2.45) is 0 Å². The number of aromatic nitrogens is 3. The van der Waals surface area contributed by atoms with Gasteiger partial charge in [0.2, 0.25) is 0 Å². The van der Waals surface area contributed by atoms with Crippen LogP contribution in [0.1, 0.15) is 27.4 Å². The molecule has 0 bridgehead atoms. The van der Waals surface area contributed by atoms with Gasteiger partial charge in [-0.05, 0) is 26.0 Å². The number of esters is 1. The number of anilines is 1. The van der Waals surface area contributed by atoms with Crippen molar-refractivity contribution in [2.45, 2.75) is 13.8 Å². The second kappa shape index (κ2) is 7.53. The van der Waals surface area contributed by atoms with Gasteiger partial charge in [-0.3, -0.25) is 4.79 Å². The van der Waals surface area contributed by atoms with Crippen LogP contribution in [0.15, 0.2) is 41.1 Å². The molecule has 1 amide bonds. The van der Waals surface area contributed by atoms with Gasteiger partial charge in [0, 0.05) is 0 Å². The normalized spacial score (nSPS) is 10.3. The summed E-state index contributed by atoms with van der Waals surface area (Å²) in [6.45, 7) is 2.65. The van der Waals surface area contributed by atoms with E-state index in [0.29, 0.717) is 17.1 Å². The zero-order valence-corrected chi connectivity index (χ0v) is 14.6. The molecule has 0 fully saturated rings. The summed E-state index contributed by atoms with van der Waals surface area (Å²) >= 11 is 0. The minimum absolute atomic E-state index is 0.184. The molecule has 3 rings (SSSR count). The molecule has 0 saturated carbocycles. The number of rotatable bonds is 5. The Morgan fingerprint density at radius 2 is 2.04 bits per heavy atom. The van der Waals surface area contributed by atoms with Crippen LogP contribution in [0.4, 0.5) is 5.82 Å². The molecule has 27 heavy (non-hydrogen) atoms. The van der Waals surface area contributed by atoms with Crippen LogP contribution in [0.5, 0.6) is 0 Å². The number of carbonyl (C=O) groups is 2. The van der Waals surface area contributed by atoms with Crippen LogP contribution in [-0.4, -0.2) is 33.4 Å². The van der Waals surface area contributed by atoms with Gasteiger partial charge in [0.15, 0.2) is 12.4 Å². The Bertz CT molecular complexity index is 1010. The Labute approximate surface area is 154 Å². The molecular weight excluding hydrogens is 350 g/mol. The van der Waals surface area contributed by atoms with Gasteiger partial charge >= 0.3 is 5.97 Å². The zero-order chi connectivity index (χ0) is 19.4. The second-order valence-corrected chi connectivity index (χ2v) is 5.59. The van der Waals surface area contributed by atoms with E-state index in [-0.39, 0.29) is 16.9 Å². The molecule has 0 aliphatic heterocycles. The van der Waals surface area contributed by atoms with Gasteiger partial charge in [0.05, 0.1) is 17.6 Å². The first-order valence-corrected chi connectivity index (χ1v) is 7.94. The van der Waals surface area contributed by atoms with Crippen molar-refractivity contribution >= 4 is 17.7 Å². The topological polar surface area (TPSA) is 123 Å². The average molecular weight is 365 g/mol. The SMILES string of the molecule is Cc1noc(C)c1C(=O)OCC(=O)Nc1c(C#N)cnn1-c1ccccc1. The Morgan fingerprint density at radius 3 is 2.67 bits per heavy atom. The second-order valence-electron chi connectivity index (χ2n) is 5.59. The van der Waals surface area contributed by atoms with E-state index in [9.17, 15) is 14.9 Å². The van der Waals surface area contributed by atoms with Gasteiger partial charge < -0.3 is 14.6 Å². The van der Waals surface area contributed by atoms with Crippen LogP contribution in [-0.2, 0) is 9.53 Å². The Morgan fingerprint density at radius 1 is 1.30 bits per heavy atom.